The molecule has 6 heteroatoms. The van der Waals surface area contributed by atoms with Gasteiger partial charge >= 0.3 is 0 Å². The van der Waals surface area contributed by atoms with Gasteiger partial charge in [0.15, 0.2) is 0 Å². The minimum Gasteiger partial charge on any atom is -0.376 e. The molecule has 6 nitrogen and oxygen atoms in total. The summed E-state index contributed by atoms with van der Waals surface area (Å²) in [5.74, 6) is 0. The van der Waals surface area contributed by atoms with Gasteiger partial charge in [0.05, 0.1) is 35.4 Å². The number of nitrogens with one attached hydrogen (secondary N) is 1. The van der Waals surface area contributed by atoms with Crippen LogP contribution in [0.15, 0.2) is 6.20 Å². The molecule has 0 aromatic carbocycles. The van der Waals surface area contributed by atoms with Crippen molar-refractivity contribution in [2.75, 3.05) is 5.32 Å². The van der Waals surface area contributed by atoms with Crippen molar-refractivity contribution in [2.45, 2.75) is 66.6 Å². The summed E-state index contributed by atoms with van der Waals surface area (Å²) in [6.07, 6.45) is 1.99. The molecule has 2 aromatic rings. The zero-order valence-electron chi connectivity index (χ0n) is 14.1. The third kappa shape index (κ3) is 3.25. The van der Waals surface area contributed by atoms with Gasteiger partial charge in [-0.3, -0.25) is 4.68 Å². The van der Waals surface area contributed by atoms with Crippen LogP contribution in [0.3, 0.4) is 0 Å². The van der Waals surface area contributed by atoms with E-state index in [1.165, 1.54) is 0 Å². The fourth-order valence-electron chi connectivity index (χ4n) is 2.31. The van der Waals surface area contributed by atoms with Gasteiger partial charge in [0.25, 0.3) is 0 Å². The van der Waals surface area contributed by atoms with E-state index in [0.717, 1.165) is 22.8 Å². The molecule has 2 rings (SSSR count). The lowest BCUT2D eigenvalue weighted by Gasteiger charge is -2.17. The molecule has 0 aliphatic heterocycles. The Labute approximate surface area is 126 Å². The zero-order chi connectivity index (χ0) is 15.8. The minimum atomic E-state index is -0.0421. The van der Waals surface area contributed by atoms with Crippen LogP contribution in [0.25, 0.3) is 0 Å². The van der Waals surface area contributed by atoms with E-state index in [2.05, 4.69) is 62.3 Å². The number of hydrogen-bond donors (Lipinski definition) is 1. The maximum absolute atomic E-state index is 4.58. The lowest BCUT2D eigenvalue weighted by atomic mass is 10.1. The zero-order valence-corrected chi connectivity index (χ0v) is 14.1. The van der Waals surface area contributed by atoms with Crippen LogP contribution in [0, 0.1) is 13.8 Å². The van der Waals surface area contributed by atoms with E-state index in [0.29, 0.717) is 12.6 Å². The Morgan fingerprint density at radius 1 is 1.24 bits per heavy atom. The molecule has 0 aliphatic carbocycles. The molecular formula is C15H26N6. The summed E-state index contributed by atoms with van der Waals surface area (Å²) in [7, 11) is 0. The lowest BCUT2D eigenvalue weighted by Crippen LogP contribution is -2.22. The molecule has 0 fully saturated rings. The number of rotatable bonds is 4. The highest BCUT2D eigenvalue weighted by atomic mass is 15.4. The molecule has 0 saturated carbocycles. The summed E-state index contributed by atoms with van der Waals surface area (Å²) >= 11 is 0. The number of aromatic nitrogens is 5. The van der Waals surface area contributed by atoms with Crippen molar-refractivity contribution >= 4 is 5.69 Å². The Morgan fingerprint density at radius 3 is 2.38 bits per heavy atom. The first-order valence-electron chi connectivity index (χ1n) is 7.41. The van der Waals surface area contributed by atoms with Gasteiger partial charge in [-0.1, -0.05) is 5.21 Å². The summed E-state index contributed by atoms with van der Waals surface area (Å²) < 4.78 is 3.94. The van der Waals surface area contributed by atoms with Crippen molar-refractivity contribution in [1.82, 2.24) is 24.8 Å². The van der Waals surface area contributed by atoms with Crippen molar-refractivity contribution in [2.24, 2.45) is 0 Å². The second-order valence-electron chi connectivity index (χ2n) is 6.76. The maximum atomic E-state index is 4.58. The summed E-state index contributed by atoms with van der Waals surface area (Å²) in [5.41, 5.74) is 4.16. The number of hydrogen-bond acceptors (Lipinski definition) is 4. The largest absolute Gasteiger partial charge is 0.376 e. The van der Waals surface area contributed by atoms with Crippen molar-refractivity contribution in [3.63, 3.8) is 0 Å². The lowest BCUT2D eigenvalue weighted by molar-refractivity contribution is 0.347. The number of aryl methyl sites for hydroxylation is 1. The molecule has 0 atom stereocenters. The highest BCUT2D eigenvalue weighted by molar-refractivity contribution is 5.52. The van der Waals surface area contributed by atoms with Crippen LogP contribution >= 0.6 is 0 Å². The van der Waals surface area contributed by atoms with Crippen molar-refractivity contribution < 1.29 is 0 Å². The first kappa shape index (κ1) is 15.5. The third-order valence-electron chi connectivity index (χ3n) is 3.49. The molecule has 116 valence electrons. The molecule has 0 spiro atoms. The Kier molecular flexibility index (Phi) is 4.07. The van der Waals surface area contributed by atoms with Crippen LogP contribution in [0.4, 0.5) is 5.69 Å². The first-order valence-corrected chi connectivity index (χ1v) is 7.41. The van der Waals surface area contributed by atoms with Crippen molar-refractivity contribution in [3.8, 4) is 0 Å². The topological polar surface area (TPSA) is 60.6 Å². The van der Waals surface area contributed by atoms with Crippen LogP contribution in [-0.4, -0.2) is 24.8 Å². The van der Waals surface area contributed by atoms with Crippen molar-refractivity contribution in [3.05, 3.63) is 23.3 Å². The Hall–Kier alpha value is -1.85. The van der Waals surface area contributed by atoms with Crippen LogP contribution in [0.1, 0.15) is 57.7 Å². The van der Waals surface area contributed by atoms with Gasteiger partial charge in [0.1, 0.15) is 5.69 Å². The smallest absolute Gasteiger partial charge is 0.102 e. The fraction of sp³-hybridized carbons (Fsp3) is 0.667. The molecule has 0 aliphatic rings. The highest BCUT2D eigenvalue weighted by Gasteiger charge is 2.16. The maximum Gasteiger partial charge on any atom is 0.102 e. The molecule has 2 heterocycles. The molecule has 2 aromatic heterocycles. The van der Waals surface area contributed by atoms with Gasteiger partial charge in [-0.2, -0.15) is 5.10 Å². The molecule has 0 bridgehead atoms. The Balaban J connectivity index is 2.12. The predicted octanol–water partition coefficient (Wildman–Crippen LogP) is 3.04. The SMILES string of the molecule is Cc1nn(C(C)C)c(C)c1NCc1cn(C(C)(C)C)nn1. The van der Waals surface area contributed by atoms with E-state index in [4.69, 9.17) is 0 Å². The quantitative estimate of drug-likeness (QED) is 0.940. The van der Waals surface area contributed by atoms with E-state index >= 15 is 0 Å². The fourth-order valence-corrected chi connectivity index (χ4v) is 2.31. The van der Waals surface area contributed by atoms with Crippen LogP contribution in [0.5, 0.6) is 0 Å². The molecule has 0 saturated heterocycles. The molecule has 0 radical (unpaired) electrons. The molecule has 21 heavy (non-hydrogen) atoms. The molecule has 0 amide bonds. The van der Waals surface area contributed by atoms with Gasteiger partial charge in [0, 0.05) is 6.04 Å². The van der Waals surface area contributed by atoms with E-state index in [-0.39, 0.29) is 5.54 Å². The summed E-state index contributed by atoms with van der Waals surface area (Å²) in [4.78, 5) is 0. The highest BCUT2D eigenvalue weighted by Crippen LogP contribution is 2.23. The van der Waals surface area contributed by atoms with Crippen molar-refractivity contribution in [1.29, 1.82) is 0 Å². The molecular weight excluding hydrogens is 264 g/mol. The minimum absolute atomic E-state index is 0.0421. The number of nitrogens with zero attached hydrogens (tertiary/aromatic N) is 5. The third-order valence-corrected chi connectivity index (χ3v) is 3.49. The Bertz CT molecular complexity index is 615. The first-order chi connectivity index (χ1) is 9.70. The van der Waals surface area contributed by atoms with Crippen LogP contribution in [-0.2, 0) is 12.1 Å². The normalized spacial score (nSPS) is 12.2. The second kappa shape index (κ2) is 5.50. The van der Waals surface area contributed by atoms with Gasteiger partial charge in [-0.05, 0) is 48.5 Å². The molecule has 1 N–H and O–H groups in total. The second-order valence-corrected chi connectivity index (χ2v) is 6.76. The van der Waals surface area contributed by atoms with Gasteiger partial charge < -0.3 is 5.32 Å². The summed E-state index contributed by atoms with van der Waals surface area (Å²) in [6.45, 7) is 15.4. The van der Waals surface area contributed by atoms with Gasteiger partial charge in [-0.25, -0.2) is 4.68 Å². The predicted molar refractivity (Wildman–Crippen MR) is 84.4 cm³/mol. The monoisotopic (exact) mass is 290 g/mol. The van der Waals surface area contributed by atoms with Gasteiger partial charge in [0.2, 0.25) is 0 Å². The average Bonchev–Trinajstić information content (AvgIpc) is 2.93. The Morgan fingerprint density at radius 2 is 1.90 bits per heavy atom. The standard InChI is InChI=1S/C15H26N6/c1-10(2)21-12(4)14(11(3)18-21)16-8-13-9-20(19-17-13)15(5,6)7/h9-10,16H,8H2,1-7H3. The molecule has 0 unspecified atom stereocenters. The van der Waals surface area contributed by atoms with E-state index in [1.807, 2.05) is 22.5 Å². The van der Waals surface area contributed by atoms with Gasteiger partial charge in [-0.15, -0.1) is 5.10 Å². The van der Waals surface area contributed by atoms with Crippen LogP contribution < -0.4 is 5.32 Å². The number of anilines is 1. The van der Waals surface area contributed by atoms with E-state index in [1.54, 1.807) is 0 Å². The summed E-state index contributed by atoms with van der Waals surface area (Å²) in [5, 5.41) is 16.4. The van der Waals surface area contributed by atoms with E-state index in [9.17, 15) is 0 Å². The average molecular weight is 290 g/mol. The van der Waals surface area contributed by atoms with E-state index < -0.39 is 0 Å². The summed E-state index contributed by atoms with van der Waals surface area (Å²) in [6, 6.07) is 0.362. The van der Waals surface area contributed by atoms with Crippen LogP contribution in [0.2, 0.25) is 0 Å².